The van der Waals surface area contributed by atoms with Gasteiger partial charge in [0, 0.05) is 23.4 Å². The molecule has 0 amide bonds. The number of methoxy groups -OCH3 is 2. The number of rotatable bonds is 10. The zero-order chi connectivity index (χ0) is 15.7. The maximum Gasteiger partial charge on any atom is 0.127 e. The van der Waals surface area contributed by atoms with Crippen LogP contribution in [-0.2, 0) is 0 Å². The third-order valence-corrected chi connectivity index (χ3v) is 4.66. The minimum absolute atomic E-state index is 0.314. The van der Waals surface area contributed by atoms with Gasteiger partial charge in [-0.25, -0.2) is 0 Å². The SMILES string of the molecule is CCCNC(CSCC(C)C)c1ccc(OC)cc1OC. The van der Waals surface area contributed by atoms with Gasteiger partial charge in [-0.15, -0.1) is 0 Å². The highest BCUT2D eigenvalue weighted by Gasteiger charge is 2.16. The Balaban J connectivity index is 2.85. The van der Waals surface area contributed by atoms with Crippen molar-refractivity contribution in [3.05, 3.63) is 23.8 Å². The predicted molar refractivity (Wildman–Crippen MR) is 92.7 cm³/mol. The van der Waals surface area contributed by atoms with Crippen LogP contribution in [0.25, 0.3) is 0 Å². The second kappa shape index (κ2) is 9.96. The minimum Gasteiger partial charge on any atom is -0.497 e. The molecule has 0 aliphatic rings. The fourth-order valence-corrected chi connectivity index (χ4v) is 3.25. The van der Waals surface area contributed by atoms with Crippen molar-refractivity contribution in [2.24, 2.45) is 5.92 Å². The van der Waals surface area contributed by atoms with Crippen molar-refractivity contribution in [3.8, 4) is 11.5 Å². The summed E-state index contributed by atoms with van der Waals surface area (Å²) in [5.74, 6) is 4.69. The van der Waals surface area contributed by atoms with Gasteiger partial charge in [0.15, 0.2) is 0 Å². The first kappa shape index (κ1) is 18.2. The highest BCUT2D eigenvalue weighted by atomic mass is 32.2. The van der Waals surface area contributed by atoms with Crippen LogP contribution in [0.4, 0.5) is 0 Å². The van der Waals surface area contributed by atoms with Gasteiger partial charge in [-0.3, -0.25) is 0 Å². The molecule has 0 saturated heterocycles. The quantitative estimate of drug-likeness (QED) is 0.703. The van der Waals surface area contributed by atoms with Crippen molar-refractivity contribution in [3.63, 3.8) is 0 Å². The highest BCUT2D eigenvalue weighted by molar-refractivity contribution is 7.99. The molecule has 0 bridgehead atoms. The Morgan fingerprint density at radius 1 is 1.14 bits per heavy atom. The third kappa shape index (κ3) is 6.18. The molecule has 0 aliphatic heterocycles. The van der Waals surface area contributed by atoms with Gasteiger partial charge in [0.25, 0.3) is 0 Å². The summed E-state index contributed by atoms with van der Waals surface area (Å²) in [5.41, 5.74) is 1.21. The van der Waals surface area contributed by atoms with E-state index in [1.165, 1.54) is 11.3 Å². The molecule has 120 valence electrons. The molecule has 4 heteroatoms. The third-order valence-electron chi connectivity index (χ3n) is 3.19. The molecule has 3 nitrogen and oxygen atoms in total. The molecule has 0 fully saturated rings. The minimum atomic E-state index is 0.314. The average molecular weight is 311 g/mol. The van der Waals surface area contributed by atoms with Gasteiger partial charge in [-0.2, -0.15) is 11.8 Å². The number of benzene rings is 1. The van der Waals surface area contributed by atoms with Crippen molar-refractivity contribution >= 4 is 11.8 Å². The highest BCUT2D eigenvalue weighted by Crippen LogP contribution is 2.31. The Labute approximate surface area is 133 Å². The summed E-state index contributed by atoms with van der Waals surface area (Å²) in [5, 5.41) is 3.63. The molecule has 0 aliphatic carbocycles. The molecule has 1 N–H and O–H groups in total. The van der Waals surface area contributed by atoms with Gasteiger partial charge in [0.2, 0.25) is 0 Å². The van der Waals surface area contributed by atoms with Gasteiger partial charge in [-0.05, 0) is 30.7 Å². The van der Waals surface area contributed by atoms with E-state index in [0.29, 0.717) is 6.04 Å². The lowest BCUT2D eigenvalue weighted by atomic mass is 10.1. The summed E-state index contributed by atoms with van der Waals surface area (Å²) >= 11 is 1.99. The summed E-state index contributed by atoms with van der Waals surface area (Å²) in [7, 11) is 3.40. The Morgan fingerprint density at radius 3 is 2.48 bits per heavy atom. The molecular weight excluding hydrogens is 282 g/mol. The van der Waals surface area contributed by atoms with Crippen LogP contribution in [0, 0.1) is 5.92 Å². The molecule has 0 radical (unpaired) electrons. The van der Waals surface area contributed by atoms with Crippen molar-refractivity contribution in [1.82, 2.24) is 5.32 Å². The fourth-order valence-electron chi connectivity index (χ4n) is 2.11. The molecule has 0 saturated carbocycles. The molecular formula is C17H29NO2S. The van der Waals surface area contributed by atoms with Gasteiger partial charge in [-0.1, -0.05) is 26.8 Å². The lowest BCUT2D eigenvalue weighted by Gasteiger charge is -2.22. The van der Waals surface area contributed by atoms with Crippen LogP contribution in [0.1, 0.15) is 38.8 Å². The van der Waals surface area contributed by atoms with Gasteiger partial charge in [0.1, 0.15) is 11.5 Å². The van der Waals surface area contributed by atoms with Crippen LogP contribution in [0.15, 0.2) is 18.2 Å². The van der Waals surface area contributed by atoms with Crippen molar-refractivity contribution in [2.75, 3.05) is 32.3 Å². The van der Waals surface area contributed by atoms with Crippen molar-refractivity contribution < 1.29 is 9.47 Å². The summed E-state index contributed by atoms with van der Waals surface area (Å²) in [6.07, 6.45) is 1.13. The van der Waals surface area contributed by atoms with E-state index in [2.05, 4.69) is 32.2 Å². The molecule has 21 heavy (non-hydrogen) atoms. The van der Waals surface area contributed by atoms with Gasteiger partial charge >= 0.3 is 0 Å². The molecule has 0 aromatic heterocycles. The van der Waals surface area contributed by atoms with Crippen molar-refractivity contribution in [1.29, 1.82) is 0 Å². The van der Waals surface area contributed by atoms with E-state index in [-0.39, 0.29) is 0 Å². The molecule has 0 spiro atoms. The monoisotopic (exact) mass is 311 g/mol. The zero-order valence-corrected chi connectivity index (χ0v) is 14.8. The van der Waals surface area contributed by atoms with Crippen LogP contribution in [-0.4, -0.2) is 32.3 Å². The van der Waals surface area contributed by atoms with E-state index in [4.69, 9.17) is 9.47 Å². The van der Waals surface area contributed by atoms with Gasteiger partial charge < -0.3 is 14.8 Å². The molecule has 0 heterocycles. The summed E-state index contributed by atoms with van der Waals surface area (Å²) in [6, 6.07) is 6.39. The summed E-state index contributed by atoms with van der Waals surface area (Å²) < 4.78 is 10.8. The first-order valence-corrected chi connectivity index (χ1v) is 8.80. The van der Waals surface area contributed by atoms with Crippen LogP contribution >= 0.6 is 11.8 Å². The van der Waals surface area contributed by atoms with E-state index in [1.54, 1.807) is 14.2 Å². The number of hydrogen-bond donors (Lipinski definition) is 1. The predicted octanol–water partition coefficient (Wildman–Crippen LogP) is 4.13. The van der Waals surface area contributed by atoms with Crippen LogP contribution in [0.5, 0.6) is 11.5 Å². The fraction of sp³-hybridized carbons (Fsp3) is 0.647. The Bertz CT molecular complexity index is 410. The Hall–Kier alpha value is -0.870. The Morgan fingerprint density at radius 2 is 1.90 bits per heavy atom. The molecule has 1 unspecified atom stereocenters. The second-order valence-corrected chi connectivity index (χ2v) is 6.62. The Kier molecular flexibility index (Phi) is 8.62. The standard InChI is InChI=1S/C17H29NO2S/c1-6-9-18-16(12-21-11-13(2)3)15-8-7-14(19-4)10-17(15)20-5/h7-8,10,13,16,18H,6,9,11-12H2,1-5H3. The average Bonchev–Trinajstić information content (AvgIpc) is 2.49. The van der Waals surface area contributed by atoms with E-state index in [0.717, 1.165) is 36.1 Å². The lowest BCUT2D eigenvalue weighted by Crippen LogP contribution is -2.25. The smallest absolute Gasteiger partial charge is 0.127 e. The number of ether oxygens (including phenoxy) is 2. The molecule has 1 atom stereocenters. The summed E-state index contributed by atoms with van der Waals surface area (Å²) in [6.45, 7) is 7.73. The molecule has 1 aromatic rings. The second-order valence-electron chi connectivity index (χ2n) is 5.55. The first-order chi connectivity index (χ1) is 10.1. The van der Waals surface area contributed by atoms with E-state index >= 15 is 0 Å². The van der Waals surface area contributed by atoms with Gasteiger partial charge in [0.05, 0.1) is 14.2 Å². The number of hydrogen-bond acceptors (Lipinski definition) is 4. The lowest BCUT2D eigenvalue weighted by molar-refractivity contribution is 0.386. The van der Waals surface area contributed by atoms with Crippen LogP contribution < -0.4 is 14.8 Å². The largest absolute Gasteiger partial charge is 0.497 e. The molecule has 1 aromatic carbocycles. The summed E-state index contributed by atoms with van der Waals surface area (Å²) in [4.78, 5) is 0. The maximum absolute atomic E-state index is 5.55. The zero-order valence-electron chi connectivity index (χ0n) is 13.9. The number of nitrogens with one attached hydrogen (secondary N) is 1. The normalized spacial score (nSPS) is 12.5. The topological polar surface area (TPSA) is 30.5 Å². The van der Waals surface area contributed by atoms with Crippen molar-refractivity contribution in [2.45, 2.75) is 33.2 Å². The first-order valence-electron chi connectivity index (χ1n) is 7.65. The molecule has 1 rings (SSSR count). The van der Waals surface area contributed by atoms with E-state index in [9.17, 15) is 0 Å². The van der Waals surface area contributed by atoms with E-state index < -0.39 is 0 Å². The van der Waals surface area contributed by atoms with E-state index in [1.807, 2.05) is 23.9 Å². The number of thioether (sulfide) groups is 1. The van der Waals surface area contributed by atoms with Crippen LogP contribution in [0.3, 0.4) is 0 Å². The maximum atomic E-state index is 5.55. The van der Waals surface area contributed by atoms with Crippen LogP contribution in [0.2, 0.25) is 0 Å².